The van der Waals surface area contributed by atoms with E-state index in [1.807, 2.05) is 6.92 Å². The van der Waals surface area contributed by atoms with Crippen molar-refractivity contribution in [2.75, 3.05) is 11.9 Å². The molecular formula is C19H18N4O3. The van der Waals surface area contributed by atoms with Crippen LogP contribution in [0.1, 0.15) is 23.7 Å². The van der Waals surface area contributed by atoms with E-state index in [0.717, 1.165) is 0 Å². The largest absolute Gasteiger partial charge is 0.484 e. The standard InChI is InChI=1S/C19H18N4O3/c1-2-17(24)14-4-7-16(8-5-14)26-13-19(25)22-15-6-9-18(20-12-15)23-11-3-10-21-23/h3-12H,2,13H2,1H3,(H,22,25). The molecule has 0 aliphatic rings. The molecular weight excluding hydrogens is 332 g/mol. The molecule has 0 unspecified atom stereocenters. The van der Waals surface area contributed by atoms with Crippen molar-refractivity contribution in [3.63, 3.8) is 0 Å². The van der Waals surface area contributed by atoms with Crippen LogP contribution in [0.15, 0.2) is 61.1 Å². The number of nitrogens with zero attached hydrogens (tertiary/aromatic N) is 3. The first kappa shape index (κ1) is 17.3. The third-order valence-corrected chi connectivity index (χ3v) is 3.64. The van der Waals surface area contributed by atoms with Gasteiger partial charge in [0.15, 0.2) is 18.2 Å². The van der Waals surface area contributed by atoms with Gasteiger partial charge in [-0.3, -0.25) is 9.59 Å². The van der Waals surface area contributed by atoms with Crippen LogP contribution < -0.4 is 10.1 Å². The van der Waals surface area contributed by atoms with Crippen molar-refractivity contribution in [1.29, 1.82) is 0 Å². The van der Waals surface area contributed by atoms with Gasteiger partial charge in [0.25, 0.3) is 5.91 Å². The third kappa shape index (κ3) is 4.32. The minimum atomic E-state index is -0.299. The Labute approximate surface area is 150 Å². The molecule has 0 aliphatic carbocycles. The predicted octanol–water partition coefficient (Wildman–Crippen LogP) is 2.88. The van der Waals surface area contributed by atoms with Gasteiger partial charge in [0.05, 0.1) is 11.9 Å². The molecule has 1 amide bonds. The number of rotatable bonds is 7. The minimum Gasteiger partial charge on any atom is -0.484 e. The van der Waals surface area contributed by atoms with Gasteiger partial charge in [0, 0.05) is 24.4 Å². The molecule has 2 aromatic heterocycles. The molecule has 26 heavy (non-hydrogen) atoms. The van der Waals surface area contributed by atoms with Gasteiger partial charge in [-0.25, -0.2) is 9.67 Å². The zero-order valence-corrected chi connectivity index (χ0v) is 14.3. The lowest BCUT2D eigenvalue weighted by Gasteiger charge is -2.08. The number of ketones is 1. The highest BCUT2D eigenvalue weighted by Crippen LogP contribution is 2.14. The number of nitrogens with one attached hydrogen (secondary N) is 1. The fourth-order valence-electron chi connectivity index (χ4n) is 2.29. The van der Waals surface area contributed by atoms with Crippen molar-refractivity contribution < 1.29 is 14.3 Å². The molecule has 0 saturated carbocycles. The van der Waals surface area contributed by atoms with Gasteiger partial charge >= 0.3 is 0 Å². The molecule has 3 rings (SSSR count). The van der Waals surface area contributed by atoms with Crippen LogP contribution in [0.5, 0.6) is 5.75 Å². The smallest absolute Gasteiger partial charge is 0.262 e. The zero-order chi connectivity index (χ0) is 18.4. The van der Waals surface area contributed by atoms with Gasteiger partial charge < -0.3 is 10.1 Å². The van der Waals surface area contributed by atoms with E-state index in [-0.39, 0.29) is 18.3 Å². The summed E-state index contributed by atoms with van der Waals surface area (Å²) >= 11 is 0. The molecule has 132 valence electrons. The SMILES string of the molecule is CCC(=O)c1ccc(OCC(=O)Nc2ccc(-n3cccn3)nc2)cc1. The summed E-state index contributed by atoms with van der Waals surface area (Å²) in [4.78, 5) is 27.8. The van der Waals surface area contributed by atoms with Crippen molar-refractivity contribution in [2.45, 2.75) is 13.3 Å². The Morgan fingerprint density at radius 1 is 1.15 bits per heavy atom. The Kier molecular flexibility index (Phi) is 5.38. The van der Waals surface area contributed by atoms with E-state index >= 15 is 0 Å². The average molecular weight is 350 g/mol. The highest BCUT2D eigenvalue weighted by atomic mass is 16.5. The fraction of sp³-hybridized carbons (Fsp3) is 0.158. The predicted molar refractivity (Wildman–Crippen MR) is 96.5 cm³/mol. The summed E-state index contributed by atoms with van der Waals surface area (Å²) in [7, 11) is 0. The number of hydrogen-bond donors (Lipinski definition) is 1. The normalized spacial score (nSPS) is 10.3. The topological polar surface area (TPSA) is 86.1 Å². The highest BCUT2D eigenvalue weighted by Gasteiger charge is 2.07. The van der Waals surface area contributed by atoms with E-state index in [1.165, 1.54) is 0 Å². The third-order valence-electron chi connectivity index (χ3n) is 3.64. The van der Waals surface area contributed by atoms with Crippen LogP contribution in [0.4, 0.5) is 5.69 Å². The summed E-state index contributed by atoms with van der Waals surface area (Å²) in [6.45, 7) is 1.68. The Balaban J connectivity index is 1.51. The molecule has 0 aliphatic heterocycles. The van der Waals surface area contributed by atoms with Crippen molar-refractivity contribution in [3.8, 4) is 11.6 Å². The maximum absolute atomic E-state index is 12.0. The van der Waals surface area contributed by atoms with Crippen LogP contribution in [0, 0.1) is 0 Å². The summed E-state index contributed by atoms with van der Waals surface area (Å²) in [5.41, 5.74) is 1.20. The summed E-state index contributed by atoms with van der Waals surface area (Å²) in [5, 5.41) is 6.80. The van der Waals surface area contributed by atoms with E-state index < -0.39 is 0 Å². The maximum Gasteiger partial charge on any atom is 0.262 e. The van der Waals surface area contributed by atoms with Crippen molar-refractivity contribution >= 4 is 17.4 Å². The summed E-state index contributed by atoms with van der Waals surface area (Å²) in [5.74, 6) is 0.957. The van der Waals surface area contributed by atoms with Crippen LogP contribution in [0.3, 0.4) is 0 Å². The van der Waals surface area contributed by atoms with Gasteiger partial charge in [-0.2, -0.15) is 5.10 Å². The van der Waals surface area contributed by atoms with E-state index in [9.17, 15) is 9.59 Å². The molecule has 0 fully saturated rings. The van der Waals surface area contributed by atoms with Gasteiger partial charge in [0.1, 0.15) is 5.75 Å². The number of benzene rings is 1. The molecule has 0 radical (unpaired) electrons. The second-order valence-electron chi connectivity index (χ2n) is 5.49. The first-order valence-corrected chi connectivity index (χ1v) is 8.17. The van der Waals surface area contributed by atoms with Crippen LogP contribution in [-0.4, -0.2) is 33.1 Å². The number of Topliss-reactive ketones (excluding diaryl/α,β-unsaturated/α-hetero) is 1. The summed E-state index contributed by atoms with van der Waals surface area (Å²) in [6.07, 6.45) is 5.46. The Bertz CT molecular complexity index is 872. The van der Waals surface area contributed by atoms with E-state index in [1.54, 1.807) is 65.7 Å². The molecule has 0 atom stereocenters. The molecule has 7 nitrogen and oxygen atoms in total. The second-order valence-corrected chi connectivity index (χ2v) is 5.49. The second kappa shape index (κ2) is 8.06. The number of carbonyl (C=O) groups excluding carboxylic acids is 2. The van der Waals surface area contributed by atoms with Gasteiger partial charge in [-0.05, 0) is 42.5 Å². The van der Waals surface area contributed by atoms with Crippen molar-refractivity contribution in [1.82, 2.24) is 14.8 Å². The van der Waals surface area contributed by atoms with Crippen molar-refractivity contribution in [2.24, 2.45) is 0 Å². The van der Waals surface area contributed by atoms with Crippen molar-refractivity contribution in [3.05, 3.63) is 66.6 Å². The summed E-state index contributed by atoms with van der Waals surface area (Å²) in [6, 6.07) is 12.0. The average Bonchev–Trinajstić information content (AvgIpc) is 3.21. The first-order valence-electron chi connectivity index (χ1n) is 8.17. The van der Waals surface area contributed by atoms with Crippen LogP contribution in [-0.2, 0) is 4.79 Å². The molecule has 7 heteroatoms. The number of amides is 1. The number of ether oxygens (including phenoxy) is 1. The number of hydrogen-bond acceptors (Lipinski definition) is 5. The molecule has 0 spiro atoms. The monoisotopic (exact) mass is 350 g/mol. The fourth-order valence-corrected chi connectivity index (χ4v) is 2.29. The molecule has 0 bridgehead atoms. The minimum absolute atomic E-state index is 0.0698. The van der Waals surface area contributed by atoms with Gasteiger partial charge in [0.2, 0.25) is 0 Å². The van der Waals surface area contributed by atoms with Gasteiger partial charge in [-0.1, -0.05) is 6.92 Å². The van der Waals surface area contributed by atoms with Crippen LogP contribution in [0.2, 0.25) is 0 Å². The Morgan fingerprint density at radius 3 is 2.58 bits per heavy atom. The number of aromatic nitrogens is 3. The molecule has 1 aromatic carbocycles. The van der Waals surface area contributed by atoms with E-state index in [0.29, 0.717) is 29.2 Å². The lowest BCUT2D eigenvalue weighted by Crippen LogP contribution is -2.20. The molecule has 3 aromatic rings. The lowest BCUT2D eigenvalue weighted by atomic mass is 10.1. The zero-order valence-electron chi connectivity index (χ0n) is 14.3. The van der Waals surface area contributed by atoms with Crippen LogP contribution in [0.25, 0.3) is 5.82 Å². The maximum atomic E-state index is 12.0. The van der Waals surface area contributed by atoms with Gasteiger partial charge in [-0.15, -0.1) is 0 Å². The van der Waals surface area contributed by atoms with Crippen LogP contribution >= 0.6 is 0 Å². The molecule has 0 saturated heterocycles. The number of carbonyl (C=O) groups is 2. The Morgan fingerprint density at radius 2 is 1.96 bits per heavy atom. The number of pyridine rings is 1. The highest BCUT2D eigenvalue weighted by molar-refractivity contribution is 5.96. The summed E-state index contributed by atoms with van der Waals surface area (Å²) < 4.78 is 7.06. The molecule has 1 N–H and O–H groups in total. The first-order chi connectivity index (χ1) is 12.7. The van der Waals surface area contributed by atoms with E-state index in [4.69, 9.17) is 4.74 Å². The Hall–Kier alpha value is -3.48. The number of anilines is 1. The lowest BCUT2D eigenvalue weighted by molar-refractivity contribution is -0.118. The molecule has 2 heterocycles. The van der Waals surface area contributed by atoms with E-state index in [2.05, 4.69) is 15.4 Å². The quantitative estimate of drug-likeness (QED) is 0.662.